The Kier molecular flexibility index (Phi) is 4.97. The molecule has 1 aliphatic heterocycles. The van der Waals surface area contributed by atoms with Crippen molar-refractivity contribution in [1.82, 2.24) is 15.3 Å². The summed E-state index contributed by atoms with van der Waals surface area (Å²) in [4.78, 5) is 24.2. The molecule has 2 aromatic heterocycles. The molecule has 0 bridgehead atoms. The zero-order chi connectivity index (χ0) is 17.8. The van der Waals surface area contributed by atoms with Gasteiger partial charge in [0.25, 0.3) is 0 Å². The average molecular weight is 344 g/mol. The highest BCUT2D eigenvalue weighted by Gasteiger charge is 2.26. The molecule has 25 heavy (non-hydrogen) atoms. The van der Waals surface area contributed by atoms with Crippen molar-refractivity contribution in [3.05, 3.63) is 42.5 Å². The number of pyridine rings is 2. The number of anilines is 3. The van der Waals surface area contributed by atoms with Crippen LogP contribution in [0.3, 0.4) is 0 Å². The summed E-state index contributed by atoms with van der Waals surface area (Å²) in [5.74, 6) is 0.744. The monoisotopic (exact) mass is 344 g/mol. The fraction of sp³-hybridized carbons (Fsp3) is 0.353. The van der Waals surface area contributed by atoms with Crippen molar-refractivity contribution in [3.63, 3.8) is 0 Å². The highest BCUT2D eigenvalue weighted by molar-refractivity contribution is 5.89. The van der Waals surface area contributed by atoms with E-state index in [1.165, 1.54) is 6.07 Å². The first kappa shape index (κ1) is 16.9. The van der Waals surface area contributed by atoms with Gasteiger partial charge in [-0.1, -0.05) is 0 Å². The van der Waals surface area contributed by atoms with Crippen LogP contribution in [0.5, 0.6) is 0 Å². The van der Waals surface area contributed by atoms with E-state index in [0.29, 0.717) is 24.6 Å². The Balaban J connectivity index is 1.56. The normalized spacial score (nSPS) is 16.6. The van der Waals surface area contributed by atoms with Crippen LogP contribution in [0, 0.1) is 5.82 Å². The Morgan fingerprint density at radius 2 is 2.16 bits per heavy atom. The Hall–Kier alpha value is -2.90. The summed E-state index contributed by atoms with van der Waals surface area (Å²) in [6, 6.07) is 6.14. The Morgan fingerprint density at radius 1 is 1.32 bits per heavy atom. The number of aromatic nitrogens is 2. The molecule has 8 heteroatoms. The van der Waals surface area contributed by atoms with Crippen LogP contribution < -0.4 is 20.4 Å². The van der Waals surface area contributed by atoms with Gasteiger partial charge in [-0.3, -0.25) is 0 Å². The lowest BCUT2D eigenvalue weighted by Gasteiger charge is -2.18. The van der Waals surface area contributed by atoms with E-state index in [9.17, 15) is 9.18 Å². The van der Waals surface area contributed by atoms with Gasteiger partial charge in [0.2, 0.25) is 0 Å². The molecule has 2 aromatic rings. The number of rotatable bonds is 4. The summed E-state index contributed by atoms with van der Waals surface area (Å²) in [6.07, 6.45) is 3.95. The number of halogens is 1. The summed E-state index contributed by atoms with van der Waals surface area (Å²) >= 11 is 0. The molecule has 0 spiro atoms. The third kappa shape index (κ3) is 4.14. The number of carbonyl (C=O) groups is 1. The summed E-state index contributed by atoms with van der Waals surface area (Å²) in [5.41, 5.74) is 0.668. The predicted octanol–water partition coefficient (Wildman–Crippen LogP) is 2.08. The van der Waals surface area contributed by atoms with E-state index in [2.05, 4.69) is 20.6 Å². The molecular weight excluding hydrogens is 323 g/mol. The highest BCUT2D eigenvalue weighted by atomic mass is 19.1. The maximum atomic E-state index is 13.8. The minimum Gasteiger partial charge on any atom is -0.363 e. The van der Waals surface area contributed by atoms with Crippen molar-refractivity contribution in [2.45, 2.75) is 12.5 Å². The van der Waals surface area contributed by atoms with Crippen LogP contribution in [-0.4, -0.2) is 49.2 Å². The summed E-state index contributed by atoms with van der Waals surface area (Å²) in [5, 5.41) is 5.72. The van der Waals surface area contributed by atoms with Gasteiger partial charge in [0.15, 0.2) is 11.6 Å². The topological polar surface area (TPSA) is 73.4 Å². The molecule has 132 valence electrons. The molecule has 3 rings (SSSR count). The molecule has 0 radical (unpaired) electrons. The molecule has 0 aromatic carbocycles. The average Bonchev–Trinajstić information content (AvgIpc) is 3.03. The Morgan fingerprint density at radius 3 is 2.92 bits per heavy atom. The van der Waals surface area contributed by atoms with Crippen molar-refractivity contribution in [2.75, 3.05) is 42.3 Å². The van der Waals surface area contributed by atoms with Gasteiger partial charge in [0, 0.05) is 57.4 Å². The second-order valence-corrected chi connectivity index (χ2v) is 6.14. The molecule has 1 aliphatic rings. The van der Waals surface area contributed by atoms with Crippen molar-refractivity contribution in [1.29, 1.82) is 0 Å². The number of carbonyl (C=O) groups excluding carboxylic acids is 1. The van der Waals surface area contributed by atoms with E-state index < -0.39 is 0 Å². The second kappa shape index (κ2) is 7.33. The zero-order valence-corrected chi connectivity index (χ0v) is 14.2. The summed E-state index contributed by atoms with van der Waals surface area (Å²) in [7, 11) is 3.77. The van der Waals surface area contributed by atoms with E-state index in [0.717, 1.165) is 12.2 Å². The number of hydrogen-bond acceptors (Lipinski definition) is 5. The van der Waals surface area contributed by atoms with Crippen LogP contribution in [0.4, 0.5) is 26.5 Å². The van der Waals surface area contributed by atoms with Gasteiger partial charge in [-0.2, -0.15) is 0 Å². The predicted molar refractivity (Wildman–Crippen MR) is 95.5 cm³/mol. The van der Waals surface area contributed by atoms with Gasteiger partial charge < -0.3 is 20.4 Å². The molecular formula is C17H21FN6O. The first-order chi connectivity index (χ1) is 12.0. The van der Waals surface area contributed by atoms with E-state index in [1.807, 2.05) is 23.9 Å². The first-order valence-electron chi connectivity index (χ1n) is 8.09. The Bertz CT molecular complexity index is 753. The smallest absolute Gasteiger partial charge is 0.319 e. The second-order valence-electron chi connectivity index (χ2n) is 6.14. The minimum absolute atomic E-state index is 0.0587. The number of hydrogen-bond donors (Lipinski definition) is 2. The quantitative estimate of drug-likeness (QED) is 0.888. The SMILES string of the molecule is CN(C)c1cc(NC(=O)NC2CCN(c3ncccc3F)C2)ccn1. The fourth-order valence-electron chi connectivity index (χ4n) is 2.77. The van der Waals surface area contributed by atoms with Gasteiger partial charge in [-0.15, -0.1) is 0 Å². The molecule has 3 heterocycles. The molecule has 7 nitrogen and oxygen atoms in total. The molecule has 0 saturated carbocycles. The lowest BCUT2D eigenvalue weighted by Crippen LogP contribution is -2.40. The van der Waals surface area contributed by atoms with E-state index in [-0.39, 0.29) is 17.9 Å². The highest BCUT2D eigenvalue weighted by Crippen LogP contribution is 2.21. The molecule has 2 amide bonds. The number of amides is 2. The Labute approximate surface area is 145 Å². The van der Waals surface area contributed by atoms with Crippen LogP contribution in [-0.2, 0) is 0 Å². The number of urea groups is 1. The number of nitrogens with one attached hydrogen (secondary N) is 2. The van der Waals surface area contributed by atoms with Crippen molar-refractivity contribution in [3.8, 4) is 0 Å². The van der Waals surface area contributed by atoms with Gasteiger partial charge in [-0.05, 0) is 24.6 Å². The van der Waals surface area contributed by atoms with E-state index >= 15 is 0 Å². The maximum absolute atomic E-state index is 13.8. The summed E-state index contributed by atoms with van der Waals surface area (Å²) < 4.78 is 13.8. The van der Waals surface area contributed by atoms with Crippen molar-refractivity contribution in [2.24, 2.45) is 0 Å². The molecule has 1 atom stereocenters. The molecule has 2 N–H and O–H groups in total. The van der Waals surface area contributed by atoms with E-state index in [4.69, 9.17) is 0 Å². The lowest BCUT2D eigenvalue weighted by molar-refractivity contribution is 0.249. The first-order valence-corrected chi connectivity index (χ1v) is 8.09. The van der Waals surface area contributed by atoms with Gasteiger partial charge in [-0.25, -0.2) is 19.2 Å². The molecule has 1 unspecified atom stereocenters. The fourth-order valence-corrected chi connectivity index (χ4v) is 2.77. The molecule has 0 aliphatic carbocycles. The van der Waals surface area contributed by atoms with Crippen LogP contribution in [0.2, 0.25) is 0 Å². The van der Waals surface area contributed by atoms with Crippen LogP contribution in [0.25, 0.3) is 0 Å². The lowest BCUT2D eigenvalue weighted by atomic mass is 10.3. The molecule has 1 fully saturated rings. The van der Waals surface area contributed by atoms with Gasteiger partial charge in [0.1, 0.15) is 5.82 Å². The largest absolute Gasteiger partial charge is 0.363 e. The standard InChI is InChI=1S/C17H21FN6O/c1-23(2)15-10-12(5-8-19-15)21-17(25)22-13-6-9-24(11-13)16-14(18)4-3-7-20-16/h3-5,7-8,10,13H,6,9,11H2,1-2H3,(H2,19,21,22,25). The zero-order valence-electron chi connectivity index (χ0n) is 14.2. The van der Waals surface area contributed by atoms with Gasteiger partial charge >= 0.3 is 6.03 Å². The van der Waals surface area contributed by atoms with E-state index in [1.54, 1.807) is 30.6 Å². The van der Waals surface area contributed by atoms with Crippen molar-refractivity contribution < 1.29 is 9.18 Å². The van der Waals surface area contributed by atoms with Crippen molar-refractivity contribution >= 4 is 23.4 Å². The minimum atomic E-state index is -0.347. The molecule has 1 saturated heterocycles. The van der Waals surface area contributed by atoms with Gasteiger partial charge in [0.05, 0.1) is 0 Å². The number of nitrogens with zero attached hydrogens (tertiary/aromatic N) is 4. The van der Waals surface area contributed by atoms with Crippen LogP contribution in [0.1, 0.15) is 6.42 Å². The third-order valence-corrected chi connectivity index (χ3v) is 4.02. The maximum Gasteiger partial charge on any atom is 0.319 e. The van der Waals surface area contributed by atoms with Crippen LogP contribution >= 0.6 is 0 Å². The summed E-state index contributed by atoms with van der Waals surface area (Å²) in [6.45, 7) is 1.18. The van der Waals surface area contributed by atoms with Crippen LogP contribution in [0.15, 0.2) is 36.7 Å². The third-order valence-electron chi connectivity index (χ3n) is 4.02.